The lowest BCUT2D eigenvalue weighted by molar-refractivity contribution is -0.124. The molecule has 0 spiro atoms. The zero-order valence-electron chi connectivity index (χ0n) is 11.1. The Hall–Kier alpha value is -1.99. The summed E-state index contributed by atoms with van der Waals surface area (Å²) in [5, 5.41) is 16.0. The molecule has 104 valence electrons. The summed E-state index contributed by atoms with van der Waals surface area (Å²) in [5.74, 6) is -0.0889. The van der Waals surface area contributed by atoms with Gasteiger partial charge in [0.15, 0.2) is 0 Å². The predicted octanol–water partition coefficient (Wildman–Crippen LogP) is -0.423. The molecule has 0 radical (unpaired) electrons. The average molecular weight is 266 g/mol. The van der Waals surface area contributed by atoms with Crippen LogP contribution in [-0.4, -0.2) is 56.5 Å². The van der Waals surface area contributed by atoms with Crippen molar-refractivity contribution in [3.63, 3.8) is 0 Å². The van der Waals surface area contributed by atoms with Gasteiger partial charge in [0.05, 0.1) is 0 Å². The lowest BCUT2D eigenvalue weighted by Gasteiger charge is -2.32. The van der Waals surface area contributed by atoms with Gasteiger partial charge < -0.3 is 10.2 Å². The quantitative estimate of drug-likeness (QED) is 0.773. The van der Waals surface area contributed by atoms with Gasteiger partial charge >= 0.3 is 0 Å². The molecule has 0 unspecified atom stereocenters. The van der Waals surface area contributed by atoms with E-state index in [1.165, 1.54) is 0 Å². The zero-order chi connectivity index (χ0) is 13.8. The van der Waals surface area contributed by atoms with E-state index in [1.54, 1.807) is 4.90 Å². The number of carbonyl (C=O) groups is 2. The van der Waals surface area contributed by atoms with Crippen LogP contribution in [-0.2, 0) is 4.79 Å². The number of tetrazole rings is 1. The van der Waals surface area contributed by atoms with Crippen LogP contribution in [0, 0.1) is 5.92 Å². The standard InChI is InChI=1S/C11H18N6O2/c1-7(2)10(18)12-8-3-5-17(6-4-8)11(19)9-13-15-16-14-9/h7-8H,3-6H2,1-2H3,(H,12,18)(H,13,14,15,16). The monoisotopic (exact) mass is 266 g/mol. The Labute approximate surface area is 110 Å². The van der Waals surface area contributed by atoms with Gasteiger partial charge in [-0.15, -0.1) is 10.2 Å². The molecule has 2 amide bonds. The lowest BCUT2D eigenvalue weighted by atomic mass is 10.0. The van der Waals surface area contributed by atoms with E-state index in [0.29, 0.717) is 13.1 Å². The van der Waals surface area contributed by atoms with Crippen LogP contribution < -0.4 is 5.32 Å². The second-order valence-corrected chi connectivity index (χ2v) is 4.97. The fraction of sp³-hybridized carbons (Fsp3) is 0.727. The maximum Gasteiger partial charge on any atom is 0.295 e. The third kappa shape index (κ3) is 3.27. The highest BCUT2D eigenvalue weighted by Gasteiger charge is 2.26. The van der Waals surface area contributed by atoms with Crippen molar-refractivity contribution in [1.82, 2.24) is 30.8 Å². The van der Waals surface area contributed by atoms with Crippen LogP contribution >= 0.6 is 0 Å². The minimum absolute atomic E-state index is 0.0148. The molecule has 0 saturated carbocycles. The van der Waals surface area contributed by atoms with Crippen molar-refractivity contribution in [3.05, 3.63) is 5.82 Å². The fourth-order valence-corrected chi connectivity index (χ4v) is 1.99. The van der Waals surface area contributed by atoms with Gasteiger partial charge in [0.1, 0.15) is 0 Å². The molecule has 1 fully saturated rings. The van der Waals surface area contributed by atoms with Crippen LogP contribution in [0.2, 0.25) is 0 Å². The van der Waals surface area contributed by atoms with Crippen molar-refractivity contribution in [2.45, 2.75) is 32.7 Å². The average Bonchev–Trinajstić information content (AvgIpc) is 2.92. The van der Waals surface area contributed by atoms with Gasteiger partial charge in [-0.1, -0.05) is 13.8 Å². The van der Waals surface area contributed by atoms with Crippen molar-refractivity contribution in [1.29, 1.82) is 0 Å². The van der Waals surface area contributed by atoms with E-state index in [4.69, 9.17) is 0 Å². The van der Waals surface area contributed by atoms with Gasteiger partial charge in [-0.2, -0.15) is 5.21 Å². The lowest BCUT2D eigenvalue weighted by Crippen LogP contribution is -2.47. The van der Waals surface area contributed by atoms with E-state index in [9.17, 15) is 9.59 Å². The molecule has 1 saturated heterocycles. The molecular weight excluding hydrogens is 248 g/mol. The summed E-state index contributed by atoms with van der Waals surface area (Å²) in [5.41, 5.74) is 0. The Morgan fingerprint density at radius 1 is 1.37 bits per heavy atom. The van der Waals surface area contributed by atoms with Crippen molar-refractivity contribution in [2.24, 2.45) is 5.92 Å². The van der Waals surface area contributed by atoms with Gasteiger partial charge in [0, 0.05) is 25.0 Å². The van der Waals surface area contributed by atoms with Gasteiger partial charge in [-0.05, 0) is 18.1 Å². The second-order valence-electron chi connectivity index (χ2n) is 4.97. The van der Waals surface area contributed by atoms with Gasteiger partial charge in [-0.25, -0.2) is 0 Å². The molecule has 2 heterocycles. The van der Waals surface area contributed by atoms with Crippen molar-refractivity contribution in [3.8, 4) is 0 Å². The summed E-state index contributed by atoms with van der Waals surface area (Å²) in [6, 6.07) is 0.143. The SMILES string of the molecule is CC(C)C(=O)NC1CCN(C(=O)c2nn[nH]n2)CC1. The highest BCUT2D eigenvalue weighted by molar-refractivity contribution is 5.90. The Morgan fingerprint density at radius 3 is 2.58 bits per heavy atom. The maximum absolute atomic E-state index is 12.0. The molecule has 0 aliphatic carbocycles. The number of H-pyrrole nitrogens is 1. The summed E-state index contributed by atoms with van der Waals surface area (Å²) < 4.78 is 0. The first-order valence-corrected chi connectivity index (χ1v) is 6.41. The van der Waals surface area contributed by atoms with Crippen LogP contribution in [0.15, 0.2) is 0 Å². The normalized spacial score (nSPS) is 16.7. The van der Waals surface area contributed by atoms with E-state index in [0.717, 1.165) is 12.8 Å². The number of aromatic amines is 1. The number of hydrogen-bond donors (Lipinski definition) is 2. The number of nitrogens with zero attached hydrogens (tertiary/aromatic N) is 4. The summed E-state index contributed by atoms with van der Waals surface area (Å²) >= 11 is 0. The maximum atomic E-state index is 12.0. The van der Waals surface area contributed by atoms with Gasteiger partial charge in [-0.3, -0.25) is 9.59 Å². The summed E-state index contributed by atoms with van der Waals surface area (Å²) in [7, 11) is 0. The molecule has 0 atom stereocenters. The first kappa shape index (κ1) is 13.4. The number of nitrogens with one attached hydrogen (secondary N) is 2. The molecule has 8 heteroatoms. The van der Waals surface area contributed by atoms with Crippen LogP contribution in [0.5, 0.6) is 0 Å². The van der Waals surface area contributed by atoms with Crippen LogP contribution in [0.25, 0.3) is 0 Å². The van der Waals surface area contributed by atoms with E-state index in [1.807, 2.05) is 13.8 Å². The van der Waals surface area contributed by atoms with Crippen LogP contribution in [0.1, 0.15) is 37.3 Å². The molecule has 1 aliphatic rings. The molecule has 2 N–H and O–H groups in total. The minimum Gasteiger partial charge on any atom is -0.353 e. The molecule has 8 nitrogen and oxygen atoms in total. The number of aromatic nitrogens is 4. The molecule has 1 aromatic heterocycles. The van der Waals surface area contributed by atoms with Gasteiger partial charge in [0.2, 0.25) is 5.91 Å². The number of amides is 2. The number of piperidine rings is 1. The second kappa shape index (κ2) is 5.77. The van der Waals surface area contributed by atoms with E-state index in [-0.39, 0.29) is 29.6 Å². The Balaban J connectivity index is 1.82. The van der Waals surface area contributed by atoms with E-state index >= 15 is 0 Å². The third-order valence-electron chi connectivity index (χ3n) is 3.19. The van der Waals surface area contributed by atoms with E-state index < -0.39 is 0 Å². The van der Waals surface area contributed by atoms with Crippen LogP contribution in [0.3, 0.4) is 0 Å². The summed E-state index contributed by atoms with van der Waals surface area (Å²) in [4.78, 5) is 25.2. The smallest absolute Gasteiger partial charge is 0.295 e. The fourth-order valence-electron chi connectivity index (χ4n) is 1.99. The highest BCUT2D eigenvalue weighted by atomic mass is 16.2. The number of likely N-dealkylation sites (tertiary alicyclic amines) is 1. The Bertz CT molecular complexity index is 436. The largest absolute Gasteiger partial charge is 0.353 e. The molecule has 2 rings (SSSR count). The Kier molecular flexibility index (Phi) is 4.08. The summed E-state index contributed by atoms with van der Waals surface area (Å²) in [6.45, 7) is 4.92. The molecule has 1 aliphatic heterocycles. The predicted molar refractivity (Wildman–Crippen MR) is 66.1 cm³/mol. The molecular formula is C11H18N6O2. The molecule has 0 bridgehead atoms. The van der Waals surface area contributed by atoms with E-state index in [2.05, 4.69) is 25.9 Å². The first-order chi connectivity index (χ1) is 9.08. The van der Waals surface area contributed by atoms with Crippen molar-refractivity contribution < 1.29 is 9.59 Å². The third-order valence-corrected chi connectivity index (χ3v) is 3.19. The van der Waals surface area contributed by atoms with Crippen molar-refractivity contribution >= 4 is 11.8 Å². The number of rotatable bonds is 3. The zero-order valence-corrected chi connectivity index (χ0v) is 11.1. The topological polar surface area (TPSA) is 104 Å². The molecule has 0 aromatic carbocycles. The van der Waals surface area contributed by atoms with Crippen molar-refractivity contribution in [2.75, 3.05) is 13.1 Å². The first-order valence-electron chi connectivity index (χ1n) is 6.41. The number of carbonyl (C=O) groups excluding carboxylic acids is 2. The van der Waals surface area contributed by atoms with Gasteiger partial charge in [0.25, 0.3) is 11.7 Å². The van der Waals surface area contributed by atoms with Crippen LogP contribution in [0.4, 0.5) is 0 Å². The highest BCUT2D eigenvalue weighted by Crippen LogP contribution is 2.12. The molecule has 19 heavy (non-hydrogen) atoms. The summed E-state index contributed by atoms with van der Waals surface area (Å²) in [6.07, 6.45) is 1.50. The minimum atomic E-state index is -0.220. The number of hydrogen-bond acceptors (Lipinski definition) is 5. The Morgan fingerprint density at radius 2 is 2.05 bits per heavy atom. The molecule has 1 aromatic rings.